The number of aromatic nitrogens is 1. The number of benzene rings is 1. The van der Waals surface area contributed by atoms with Crippen molar-refractivity contribution in [2.45, 2.75) is 13.0 Å². The lowest BCUT2D eigenvalue weighted by molar-refractivity contribution is 0.523. The normalized spacial score (nSPS) is 12.8. The molecule has 2 N–H and O–H groups in total. The summed E-state index contributed by atoms with van der Waals surface area (Å²) in [7, 11) is 0. The van der Waals surface area contributed by atoms with Crippen molar-refractivity contribution < 1.29 is 4.42 Å². The number of pyridine rings is 1. The van der Waals surface area contributed by atoms with E-state index < -0.39 is 0 Å². The van der Waals surface area contributed by atoms with Crippen molar-refractivity contribution in [3.63, 3.8) is 0 Å². The summed E-state index contributed by atoms with van der Waals surface area (Å²) in [5, 5.41) is 1.06. The molecule has 96 valence electrons. The van der Waals surface area contributed by atoms with Gasteiger partial charge in [0.2, 0.25) is 0 Å². The Labute approximate surface area is 119 Å². The number of aryl methyl sites for hydroxylation is 1. The molecular formula is C15H13BrN2O. The summed E-state index contributed by atoms with van der Waals surface area (Å²) in [4.78, 5) is 4.00. The van der Waals surface area contributed by atoms with Crippen LogP contribution in [0.5, 0.6) is 0 Å². The molecule has 0 bridgehead atoms. The van der Waals surface area contributed by atoms with E-state index >= 15 is 0 Å². The lowest BCUT2D eigenvalue weighted by Crippen LogP contribution is -2.10. The van der Waals surface area contributed by atoms with Crippen molar-refractivity contribution in [2.24, 2.45) is 5.73 Å². The highest BCUT2D eigenvalue weighted by Crippen LogP contribution is 2.30. The summed E-state index contributed by atoms with van der Waals surface area (Å²) in [5.41, 5.74) is 9.21. The van der Waals surface area contributed by atoms with Crippen LogP contribution in [0.2, 0.25) is 0 Å². The average molecular weight is 317 g/mol. The first kappa shape index (κ1) is 12.4. The molecule has 3 aromatic rings. The Morgan fingerprint density at radius 3 is 2.68 bits per heavy atom. The van der Waals surface area contributed by atoms with E-state index in [-0.39, 0.29) is 6.04 Å². The SMILES string of the molecule is Cc1cc(Br)cc2cc(C(N)c3ccncc3)oc12. The van der Waals surface area contributed by atoms with Crippen LogP contribution in [0.3, 0.4) is 0 Å². The molecule has 0 saturated heterocycles. The van der Waals surface area contributed by atoms with Crippen molar-refractivity contribution in [2.75, 3.05) is 0 Å². The highest BCUT2D eigenvalue weighted by atomic mass is 79.9. The van der Waals surface area contributed by atoms with Gasteiger partial charge in [0.1, 0.15) is 11.3 Å². The van der Waals surface area contributed by atoms with Crippen molar-refractivity contribution in [3.05, 3.63) is 64.1 Å². The van der Waals surface area contributed by atoms with Crippen molar-refractivity contribution in [1.82, 2.24) is 4.98 Å². The van der Waals surface area contributed by atoms with E-state index in [4.69, 9.17) is 10.2 Å². The van der Waals surface area contributed by atoms with Crippen molar-refractivity contribution in [1.29, 1.82) is 0 Å². The van der Waals surface area contributed by atoms with Gasteiger partial charge in [-0.05, 0) is 48.4 Å². The van der Waals surface area contributed by atoms with Crippen LogP contribution in [0.25, 0.3) is 11.0 Å². The van der Waals surface area contributed by atoms with E-state index in [2.05, 4.69) is 20.9 Å². The zero-order valence-corrected chi connectivity index (χ0v) is 12.0. The topological polar surface area (TPSA) is 52.0 Å². The number of furan rings is 1. The largest absolute Gasteiger partial charge is 0.459 e. The third-order valence-corrected chi connectivity index (χ3v) is 3.62. The standard InChI is InChI=1S/C15H13BrN2O/c1-9-6-12(16)7-11-8-13(19-15(9)11)14(17)10-2-4-18-5-3-10/h2-8,14H,17H2,1H3. The maximum atomic E-state index is 6.24. The number of nitrogens with two attached hydrogens (primary N) is 1. The maximum Gasteiger partial charge on any atom is 0.137 e. The van der Waals surface area contributed by atoms with Gasteiger partial charge in [0.15, 0.2) is 0 Å². The molecule has 1 aromatic carbocycles. The minimum atomic E-state index is -0.270. The Bertz CT molecular complexity index is 722. The number of nitrogens with zero attached hydrogens (tertiary/aromatic N) is 1. The summed E-state index contributed by atoms with van der Waals surface area (Å²) in [6.07, 6.45) is 3.47. The van der Waals surface area contributed by atoms with Gasteiger partial charge in [0.25, 0.3) is 0 Å². The maximum absolute atomic E-state index is 6.24. The molecule has 0 radical (unpaired) electrons. The molecule has 0 aliphatic heterocycles. The Morgan fingerprint density at radius 1 is 1.21 bits per heavy atom. The molecule has 0 aliphatic carbocycles. The molecule has 1 unspecified atom stereocenters. The van der Waals surface area contributed by atoms with Crippen molar-refractivity contribution in [3.8, 4) is 0 Å². The summed E-state index contributed by atoms with van der Waals surface area (Å²) in [6, 6.07) is 9.61. The van der Waals surface area contributed by atoms with Gasteiger partial charge in [-0.1, -0.05) is 15.9 Å². The predicted octanol–water partition coefficient (Wildman–Crippen LogP) is 3.95. The fraction of sp³-hybridized carbons (Fsp3) is 0.133. The Balaban J connectivity index is 2.09. The highest BCUT2D eigenvalue weighted by molar-refractivity contribution is 9.10. The van der Waals surface area contributed by atoms with Crippen LogP contribution in [0.1, 0.15) is 22.9 Å². The summed E-state index contributed by atoms with van der Waals surface area (Å²) in [5.74, 6) is 0.766. The quantitative estimate of drug-likeness (QED) is 0.779. The number of hydrogen-bond donors (Lipinski definition) is 1. The second-order valence-corrected chi connectivity index (χ2v) is 5.46. The van der Waals surface area contributed by atoms with Crippen LogP contribution in [-0.4, -0.2) is 4.98 Å². The van der Waals surface area contributed by atoms with Gasteiger partial charge >= 0.3 is 0 Å². The minimum absolute atomic E-state index is 0.270. The summed E-state index contributed by atoms with van der Waals surface area (Å²) >= 11 is 3.49. The van der Waals surface area contributed by atoms with Crippen LogP contribution in [0.4, 0.5) is 0 Å². The van der Waals surface area contributed by atoms with Crippen LogP contribution in [0.15, 0.2) is 51.6 Å². The highest BCUT2D eigenvalue weighted by Gasteiger charge is 2.15. The van der Waals surface area contributed by atoms with Gasteiger partial charge in [-0.25, -0.2) is 0 Å². The molecule has 3 rings (SSSR count). The summed E-state index contributed by atoms with van der Waals surface area (Å²) in [6.45, 7) is 2.03. The molecule has 0 aliphatic rings. The van der Waals surface area contributed by atoms with Gasteiger partial charge in [0.05, 0.1) is 6.04 Å². The van der Waals surface area contributed by atoms with E-state index in [1.165, 1.54) is 0 Å². The second-order valence-electron chi connectivity index (χ2n) is 4.55. The number of fused-ring (bicyclic) bond motifs is 1. The molecular weight excluding hydrogens is 304 g/mol. The monoisotopic (exact) mass is 316 g/mol. The molecule has 3 nitrogen and oxygen atoms in total. The Morgan fingerprint density at radius 2 is 1.95 bits per heavy atom. The fourth-order valence-corrected chi connectivity index (χ4v) is 2.78. The molecule has 1 atom stereocenters. The zero-order chi connectivity index (χ0) is 13.4. The number of rotatable bonds is 2. The van der Waals surface area contributed by atoms with Crippen LogP contribution < -0.4 is 5.73 Å². The predicted molar refractivity (Wildman–Crippen MR) is 78.9 cm³/mol. The fourth-order valence-electron chi connectivity index (χ4n) is 2.19. The lowest BCUT2D eigenvalue weighted by atomic mass is 10.1. The molecule has 0 spiro atoms. The van der Waals surface area contributed by atoms with Gasteiger partial charge in [-0.3, -0.25) is 4.98 Å². The summed E-state index contributed by atoms with van der Waals surface area (Å²) < 4.78 is 6.95. The average Bonchev–Trinajstić information content (AvgIpc) is 2.83. The van der Waals surface area contributed by atoms with E-state index in [9.17, 15) is 0 Å². The molecule has 4 heteroatoms. The Hall–Kier alpha value is -1.65. The van der Waals surface area contributed by atoms with Crippen LogP contribution in [-0.2, 0) is 0 Å². The van der Waals surface area contributed by atoms with E-state index in [1.54, 1.807) is 12.4 Å². The third-order valence-electron chi connectivity index (χ3n) is 3.16. The lowest BCUT2D eigenvalue weighted by Gasteiger charge is -2.07. The number of halogens is 1. The van der Waals surface area contributed by atoms with Crippen LogP contribution >= 0.6 is 15.9 Å². The third kappa shape index (κ3) is 2.29. The first-order valence-electron chi connectivity index (χ1n) is 6.00. The zero-order valence-electron chi connectivity index (χ0n) is 10.4. The Kier molecular flexibility index (Phi) is 3.12. The van der Waals surface area contributed by atoms with E-state index in [0.717, 1.165) is 32.3 Å². The van der Waals surface area contributed by atoms with E-state index in [1.807, 2.05) is 37.3 Å². The molecule has 0 amide bonds. The van der Waals surface area contributed by atoms with Gasteiger partial charge in [-0.15, -0.1) is 0 Å². The molecule has 0 fully saturated rings. The minimum Gasteiger partial charge on any atom is -0.459 e. The smallest absolute Gasteiger partial charge is 0.137 e. The first-order valence-corrected chi connectivity index (χ1v) is 6.79. The van der Waals surface area contributed by atoms with Gasteiger partial charge in [0, 0.05) is 22.3 Å². The first-order chi connectivity index (χ1) is 9.15. The molecule has 2 heterocycles. The molecule has 0 saturated carbocycles. The van der Waals surface area contributed by atoms with Crippen molar-refractivity contribution >= 4 is 26.9 Å². The second kappa shape index (κ2) is 4.79. The van der Waals surface area contributed by atoms with Gasteiger partial charge in [-0.2, -0.15) is 0 Å². The number of hydrogen-bond acceptors (Lipinski definition) is 3. The van der Waals surface area contributed by atoms with Gasteiger partial charge < -0.3 is 10.2 Å². The molecule has 19 heavy (non-hydrogen) atoms. The van der Waals surface area contributed by atoms with Crippen LogP contribution in [0, 0.1) is 6.92 Å². The molecule has 2 aromatic heterocycles. The van der Waals surface area contributed by atoms with E-state index in [0.29, 0.717) is 0 Å².